The van der Waals surface area contributed by atoms with Crippen molar-refractivity contribution in [2.75, 3.05) is 63.2 Å². The number of aromatic nitrogens is 3. The van der Waals surface area contributed by atoms with E-state index in [1.54, 1.807) is 59.5 Å². The second-order valence-corrected chi connectivity index (χ2v) is 17.5. The van der Waals surface area contributed by atoms with Crippen LogP contribution in [0.3, 0.4) is 0 Å². The van der Waals surface area contributed by atoms with Crippen molar-refractivity contribution in [3.63, 3.8) is 0 Å². The lowest BCUT2D eigenvalue weighted by atomic mass is 10.1. The monoisotopic (exact) mass is 700 g/mol. The van der Waals surface area contributed by atoms with Gasteiger partial charge in [-0.2, -0.15) is 10.4 Å². The molecule has 0 atom stereocenters. The van der Waals surface area contributed by atoms with E-state index in [2.05, 4.69) is 29.9 Å². The lowest BCUT2D eigenvalue weighted by Crippen LogP contribution is -2.40. The molecule has 13 heteroatoms. The van der Waals surface area contributed by atoms with E-state index in [-0.39, 0.29) is 29.8 Å². The van der Waals surface area contributed by atoms with E-state index in [0.29, 0.717) is 71.9 Å². The maximum absolute atomic E-state index is 14.2. The first-order chi connectivity index (χ1) is 23.5. The van der Waals surface area contributed by atoms with Crippen molar-refractivity contribution in [2.45, 2.75) is 6.73 Å². The average Bonchev–Trinajstić information content (AvgIpc) is 3.66. The molecule has 0 spiro atoms. The molecule has 6 rings (SSSR count). The van der Waals surface area contributed by atoms with Gasteiger partial charge in [0, 0.05) is 35.9 Å². The van der Waals surface area contributed by atoms with Gasteiger partial charge in [0.15, 0.2) is 0 Å². The van der Waals surface area contributed by atoms with Gasteiger partial charge in [0.05, 0.1) is 65.1 Å². The SMILES string of the molecule is CS(C)(C)CCOCn1c(C(=O)c2cnn(-c3ccc(Oc4cccc(C#N)c4)cc3Cl)c2N)cc2cc(C(=O)N3CCOCC3)ccc21. The third-order valence-electron chi connectivity index (χ3n) is 8.14. The first-order valence-corrected chi connectivity index (χ1v) is 19.0. The van der Waals surface area contributed by atoms with Crippen LogP contribution in [0.2, 0.25) is 5.02 Å². The van der Waals surface area contributed by atoms with Crippen LogP contribution in [-0.2, 0) is 16.2 Å². The minimum Gasteiger partial charge on any atom is -0.457 e. The number of hydrogen-bond acceptors (Lipinski definition) is 8. The molecule has 5 aromatic rings. The number of ketones is 1. The second kappa shape index (κ2) is 14.4. The number of anilines is 1. The molecule has 49 heavy (non-hydrogen) atoms. The Labute approximate surface area is 291 Å². The van der Waals surface area contributed by atoms with Crippen LogP contribution in [0.5, 0.6) is 11.5 Å². The van der Waals surface area contributed by atoms with Crippen molar-refractivity contribution in [1.82, 2.24) is 19.2 Å². The Morgan fingerprint density at radius 1 is 1.04 bits per heavy atom. The molecule has 1 aliphatic heterocycles. The number of nitrogens with zero attached hydrogens (tertiary/aromatic N) is 5. The highest BCUT2D eigenvalue weighted by molar-refractivity contribution is 8.32. The summed E-state index contributed by atoms with van der Waals surface area (Å²) in [5.74, 6) is 1.55. The normalized spacial score (nSPS) is 13.7. The molecule has 0 bridgehead atoms. The molecule has 2 N–H and O–H groups in total. The molecular formula is C36H37ClN6O5S. The van der Waals surface area contributed by atoms with Gasteiger partial charge in [-0.3, -0.25) is 9.59 Å². The van der Waals surface area contributed by atoms with Gasteiger partial charge in [0.25, 0.3) is 5.91 Å². The van der Waals surface area contributed by atoms with Gasteiger partial charge < -0.3 is 29.4 Å². The number of nitriles is 1. The zero-order valence-corrected chi connectivity index (χ0v) is 29.1. The lowest BCUT2D eigenvalue weighted by Gasteiger charge is -2.26. The largest absolute Gasteiger partial charge is 0.457 e. The molecule has 0 unspecified atom stereocenters. The summed E-state index contributed by atoms with van der Waals surface area (Å²) in [4.78, 5) is 29.2. The first-order valence-electron chi connectivity index (χ1n) is 15.6. The zero-order chi connectivity index (χ0) is 34.7. The van der Waals surface area contributed by atoms with Crippen LogP contribution < -0.4 is 10.5 Å². The van der Waals surface area contributed by atoms with Crippen LogP contribution in [0.25, 0.3) is 16.6 Å². The second-order valence-electron chi connectivity index (χ2n) is 12.5. The fourth-order valence-electron chi connectivity index (χ4n) is 5.50. The van der Waals surface area contributed by atoms with Crippen molar-refractivity contribution >= 4 is 50.0 Å². The zero-order valence-electron chi connectivity index (χ0n) is 27.5. The third kappa shape index (κ3) is 7.60. The predicted molar refractivity (Wildman–Crippen MR) is 192 cm³/mol. The van der Waals surface area contributed by atoms with E-state index in [1.165, 1.54) is 10.9 Å². The van der Waals surface area contributed by atoms with Crippen molar-refractivity contribution in [1.29, 1.82) is 5.26 Å². The summed E-state index contributed by atoms with van der Waals surface area (Å²) in [6, 6.07) is 21.1. The van der Waals surface area contributed by atoms with E-state index < -0.39 is 10.0 Å². The number of carbonyl (C=O) groups excluding carboxylic acids is 2. The standard InChI is InChI=1S/C36H37ClN6O5S/c1-49(2,3)16-15-47-23-42-31-9-7-25(36(45)41-11-13-46-14-12-41)18-26(31)19-33(42)34(44)29-22-40-43(35(29)39)32-10-8-28(20-30(32)37)48-27-6-4-5-24(17-27)21-38/h4-10,17-20,22H,11-16,23,39H2,1-3H3. The van der Waals surface area contributed by atoms with E-state index >= 15 is 0 Å². The Kier molecular flexibility index (Phi) is 9.99. The molecule has 1 fully saturated rings. The number of morpholine rings is 1. The van der Waals surface area contributed by atoms with Gasteiger partial charge in [0.1, 0.15) is 24.0 Å². The molecule has 0 saturated carbocycles. The first kappa shape index (κ1) is 34.1. The van der Waals surface area contributed by atoms with Crippen LogP contribution in [0.1, 0.15) is 32.0 Å². The topological polar surface area (TPSA) is 138 Å². The van der Waals surface area contributed by atoms with E-state index in [1.807, 2.05) is 16.7 Å². The summed E-state index contributed by atoms with van der Waals surface area (Å²) in [7, 11) is -0.768. The number of nitrogens with two attached hydrogens (primary N) is 1. The predicted octanol–water partition coefficient (Wildman–Crippen LogP) is 6.10. The highest BCUT2D eigenvalue weighted by Gasteiger charge is 2.25. The van der Waals surface area contributed by atoms with E-state index in [0.717, 1.165) is 16.7 Å². The summed E-state index contributed by atoms with van der Waals surface area (Å²) in [6.07, 6.45) is 8.10. The molecule has 1 amide bonds. The van der Waals surface area contributed by atoms with Crippen LogP contribution in [-0.4, -0.2) is 88.4 Å². The molecule has 1 aliphatic rings. The van der Waals surface area contributed by atoms with Gasteiger partial charge in [-0.05, 0) is 73.4 Å². The Bertz CT molecular complexity index is 2070. The minimum atomic E-state index is -0.768. The van der Waals surface area contributed by atoms with Gasteiger partial charge in [-0.1, -0.05) is 17.7 Å². The average molecular weight is 701 g/mol. The summed E-state index contributed by atoms with van der Waals surface area (Å²) in [6.45, 7) is 2.77. The van der Waals surface area contributed by atoms with Crippen molar-refractivity contribution < 1.29 is 23.8 Å². The molecule has 0 aliphatic carbocycles. The van der Waals surface area contributed by atoms with Crippen LogP contribution >= 0.6 is 21.6 Å². The van der Waals surface area contributed by atoms with E-state index in [9.17, 15) is 14.9 Å². The summed E-state index contributed by atoms with van der Waals surface area (Å²) in [5.41, 5.74) is 9.33. The van der Waals surface area contributed by atoms with Gasteiger partial charge in [-0.25, -0.2) is 14.7 Å². The number of rotatable bonds is 11. The maximum atomic E-state index is 14.2. The number of amides is 1. The smallest absolute Gasteiger partial charge is 0.254 e. The van der Waals surface area contributed by atoms with E-state index in [4.69, 9.17) is 31.5 Å². The van der Waals surface area contributed by atoms with Crippen molar-refractivity contribution in [2.24, 2.45) is 0 Å². The Hall–Kier alpha value is -4.80. The molecule has 2 aromatic heterocycles. The van der Waals surface area contributed by atoms with Crippen LogP contribution in [0.15, 0.2) is 72.9 Å². The number of benzene rings is 3. The van der Waals surface area contributed by atoms with Gasteiger partial charge in [0.2, 0.25) is 5.78 Å². The number of nitrogen functional groups attached to an aromatic ring is 1. The molecule has 1 saturated heterocycles. The van der Waals surface area contributed by atoms with Crippen LogP contribution in [0.4, 0.5) is 5.82 Å². The molecule has 3 heterocycles. The Morgan fingerprint density at radius 3 is 2.55 bits per heavy atom. The number of carbonyl (C=O) groups is 2. The summed E-state index contributed by atoms with van der Waals surface area (Å²) in [5, 5.41) is 14.6. The van der Waals surface area contributed by atoms with Gasteiger partial charge >= 0.3 is 0 Å². The minimum absolute atomic E-state index is 0.0790. The molecular weight excluding hydrogens is 664 g/mol. The van der Waals surface area contributed by atoms with Gasteiger partial charge in [-0.15, -0.1) is 0 Å². The fourth-order valence-corrected chi connectivity index (χ4v) is 6.36. The van der Waals surface area contributed by atoms with Crippen molar-refractivity contribution in [3.8, 4) is 23.3 Å². The highest BCUT2D eigenvalue weighted by atomic mass is 35.5. The number of halogens is 1. The summed E-state index contributed by atoms with van der Waals surface area (Å²) >= 11 is 6.65. The third-order valence-corrected chi connectivity index (χ3v) is 9.83. The number of ether oxygens (including phenoxy) is 3. The Balaban J connectivity index is 1.30. The highest BCUT2D eigenvalue weighted by Crippen LogP contribution is 2.34. The number of fused-ring (bicyclic) bond motifs is 1. The Morgan fingerprint density at radius 2 is 1.82 bits per heavy atom. The number of hydrogen-bond donors (Lipinski definition) is 1. The van der Waals surface area contributed by atoms with Crippen molar-refractivity contribution in [3.05, 3.63) is 100 Å². The molecule has 0 radical (unpaired) electrons. The molecule has 3 aromatic carbocycles. The fraction of sp³-hybridized carbons (Fsp3) is 0.278. The summed E-state index contributed by atoms with van der Waals surface area (Å²) < 4.78 is 20.6. The lowest BCUT2D eigenvalue weighted by molar-refractivity contribution is 0.0303. The molecule has 254 valence electrons. The quantitative estimate of drug-likeness (QED) is 0.129. The molecule has 11 nitrogen and oxygen atoms in total. The maximum Gasteiger partial charge on any atom is 0.254 e. The van der Waals surface area contributed by atoms with Crippen LogP contribution in [0, 0.1) is 11.3 Å².